The number of aromatic nitrogens is 1. The van der Waals surface area contributed by atoms with Gasteiger partial charge in [-0.1, -0.05) is 23.9 Å². The molecule has 1 unspecified atom stereocenters. The lowest BCUT2D eigenvalue weighted by Crippen LogP contribution is -2.15. The van der Waals surface area contributed by atoms with Crippen LogP contribution in [-0.2, 0) is 0 Å². The zero-order chi connectivity index (χ0) is 13.1. The predicted octanol–water partition coefficient (Wildman–Crippen LogP) is 4.79. The van der Waals surface area contributed by atoms with E-state index < -0.39 is 0 Å². The van der Waals surface area contributed by atoms with E-state index in [1.54, 1.807) is 23.1 Å². The van der Waals surface area contributed by atoms with Crippen LogP contribution in [0.1, 0.15) is 19.3 Å². The standard InChI is InChI=1S/C15H18N2S2/c1-18-15-17-13-8-7-12(9-14(13)19-15)16-10-11-5-3-2-4-6-11/h2-3,7-9,11,16H,4-6,10H2,1H3. The van der Waals surface area contributed by atoms with Crippen LogP contribution in [0.2, 0.25) is 0 Å². The highest BCUT2D eigenvalue weighted by molar-refractivity contribution is 8.00. The molecule has 0 saturated carbocycles. The van der Waals surface area contributed by atoms with Crippen molar-refractivity contribution in [3.8, 4) is 0 Å². The lowest BCUT2D eigenvalue weighted by atomic mass is 9.94. The minimum absolute atomic E-state index is 0.781. The zero-order valence-corrected chi connectivity index (χ0v) is 12.7. The molecule has 1 aromatic heterocycles. The molecule has 1 atom stereocenters. The van der Waals surface area contributed by atoms with E-state index in [0.717, 1.165) is 22.3 Å². The number of rotatable bonds is 4. The zero-order valence-electron chi connectivity index (χ0n) is 11.1. The van der Waals surface area contributed by atoms with E-state index in [9.17, 15) is 0 Å². The predicted molar refractivity (Wildman–Crippen MR) is 86.4 cm³/mol. The SMILES string of the molecule is CSc1nc2ccc(NCC3CC=CCC3)cc2s1. The summed E-state index contributed by atoms with van der Waals surface area (Å²) in [6.45, 7) is 1.07. The lowest BCUT2D eigenvalue weighted by Gasteiger charge is -2.18. The van der Waals surface area contributed by atoms with Gasteiger partial charge in [0.1, 0.15) is 0 Å². The average Bonchev–Trinajstić information content (AvgIpc) is 2.88. The van der Waals surface area contributed by atoms with Gasteiger partial charge >= 0.3 is 0 Å². The third-order valence-electron chi connectivity index (χ3n) is 3.52. The number of hydrogen-bond donors (Lipinski definition) is 1. The Balaban J connectivity index is 1.68. The Morgan fingerprint density at radius 1 is 1.42 bits per heavy atom. The monoisotopic (exact) mass is 290 g/mol. The molecule has 2 aromatic rings. The van der Waals surface area contributed by atoms with Gasteiger partial charge in [0.15, 0.2) is 4.34 Å². The molecule has 0 amide bonds. The second-order valence-electron chi connectivity index (χ2n) is 4.90. The molecule has 1 heterocycles. The van der Waals surface area contributed by atoms with Crippen molar-refractivity contribution in [2.75, 3.05) is 18.1 Å². The van der Waals surface area contributed by atoms with Crippen LogP contribution in [0.15, 0.2) is 34.7 Å². The number of fused-ring (bicyclic) bond motifs is 1. The maximum absolute atomic E-state index is 4.57. The number of thioether (sulfide) groups is 1. The molecule has 3 rings (SSSR count). The third kappa shape index (κ3) is 3.12. The summed E-state index contributed by atoms with van der Waals surface area (Å²) in [6.07, 6.45) is 10.4. The van der Waals surface area contributed by atoms with Gasteiger partial charge in [-0.25, -0.2) is 4.98 Å². The number of hydrogen-bond acceptors (Lipinski definition) is 4. The van der Waals surface area contributed by atoms with Gasteiger partial charge in [0.2, 0.25) is 0 Å². The first kappa shape index (κ1) is 13.0. The molecular formula is C15H18N2S2. The minimum atomic E-state index is 0.781. The van der Waals surface area contributed by atoms with Crippen molar-refractivity contribution in [3.05, 3.63) is 30.4 Å². The Bertz CT molecular complexity index is 589. The van der Waals surface area contributed by atoms with Gasteiger partial charge in [-0.2, -0.15) is 0 Å². The largest absolute Gasteiger partial charge is 0.385 e. The molecule has 0 aliphatic heterocycles. The molecule has 2 nitrogen and oxygen atoms in total. The van der Waals surface area contributed by atoms with Gasteiger partial charge in [0.25, 0.3) is 0 Å². The number of anilines is 1. The quantitative estimate of drug-likeness (QED) is 0.647. The van der Waals surface area contributed by atoms with Crippen LogP contribution in [0.5, 0.6) is 0 Å². The Labute approximate surface area is 122 Å². The smallest absolute Gasteiger partial charge is 0.150 e. The van der Waals surface area contributed by atoms with E-state index in [4.69, 9.17) is 0 Å². The fourth-order valence-electron chi connectivity index (χ4n) is 2.40. The molecular weight excluding hydrogens is 272 g/mol. The van der Waals surface area contributed by atoms with Crippen molar-refractivity contribution in [3.63, 3.8) is 0 Å². The van der Waals surface area contributed by atoms with Crippen LogP contribution in [0.3, 0.4) is 0 Å². The molecule has 1 aliphatic rings. The third-order valence-corrected chi connectivity index (χ3v) is 5.52. The van der Waals surface area contributed by atoms with E-state index in [1.165, 1.54) is 29.6 Å². The summed E-state index contributed by atoms with van der Waals surface area (Å²) in [7, 11) is 0. The number of thiazole rings is 1. The molecule has 19 heavy (non-hydrogen) atoms. The van der Waals surface area contributed by atoms with Crippen molar-refractivity contribution < 1.29 is 0 Å². The summed E-state index contributed by atoms with van der Waals surface area (Å²) in [5.74, 6) is 0.781. The molecule has 4 heteroatoms. The van der Waals surface area contributed by atoms with Gasteiger partial charge in [0, 0.05) is 12.2 Å². The van der Waals surface area contributed by atoms with Crippen LogP contribution in [-0.4, -0.2) is 17.8 Å². The van der Waals surface area contributed by atoms with Crippen molar-refractivity contribution in [2.45, 2.75) is 23.6 Å². The van der Waals surface area contributed by atoms with Crippen LogP contribution >= 0.6 is 23.1 Å². The lowest BCUT2D eigenvalue weighted by molar-refractivity contribution is 0.504. The Morgan fingerprint density at radius 2 is 2.37 bits per heavy atom. The first-order valence-corrected chi connectivity index (χ1v) is 8.73. The Hall–Kier alpha value is -1.000. The summed E-state index contributed by atoms with van der Waals surface area (Å²) in [5.41, 5.74) is 2.33. The maximum Gasteiger partial charge on any atom is 0.150 e. The second-order valence-corrected chi connectivity index (χ2v) is 6.98. The number of nitrogens with zero attached hydrogens (tertiary/aromatic N) is 1. The summed E-state index contributed by atoms with van der Waals surface area (Å²) in [5, 5.41) is 3.57. The highest BCUT2D eigenvalue weighted by atomic mass is 32.2. The first-order valence-electron chi connectivity index (χ1n) is 6.68. The molecule has 0 radical (unpaired) electrons. The second kappa shape index (κ2) is 5.97. The highest BCUT2D eigenvalue weighted by Gasteiger charge is 2.10. The van der Waals surface area contributed by atoms with Crippen LogP contribution < -0.4 is 5.32 Å². The molecule has 0 bridgehead atoms. The fourth-order valence-corrected chi connectivity index (χ4v) is 3.93. The minimum Gasteiger partial charge on any atom is -0.385 e. The number of nitrogens with one attached hydrogen (secondary N) is 1. The Kier molecular flexibility index (Phi) is 4.09. The van der Waals surface area contributed by atoms with E-state index in [0.29, 0.717) is 0 Å². The number of allylic oxidation sites excluding steroid dienone is 2. The van der Waals surface area contributed by atoms with Gasteiger partial charge in [0.05, 0.1) is 10.2 Å². The molecule has 1 aliphatic carbocycles. The van der Waals surface area contributed by atoms with E-state index >= 15 is 0 Å². The van der Waals surface area contributed by atoms with E-state index in [2.05, 4.69) is 46.9 Å². The first-order chi connectivity index (χ1) is 9.35. The van der Waals surface area contributed by atoms with Gasteiger partial charge in [-0.15, -0.1) is 11.3 Å². The normalized spacial score (nSPS) is 18.9. The van der Waals surface area contributed by atoms with Crippen molar-refractivity contribution in [2.24, 2.45) is 5.92 Å². The fraction of sp³-hybridized carbons (Fsp3) is 0.400. The van der Waals surface area contributed by atoms with E-state index in [1.807, 2.05) is 0 Å². The summed E-state index contributed by atoms with van der Waals surface area (Å²) < 4.78 is 2.42. The van der Waals surface area contributed by atoms with E-state index in [-0.39, 0.29) is 0 Å². The summed E-state index contributed by atoms with van der Waals surface area (Å²) in [6, 6.07) is 6.49. The topological polar surface area (TPSA) is 24.9 Å². The summed E-state index contributed by atoms with van der Waals surface area (Å²) in [4.78, 5) is 4.57. The van der Waals surface area contributed by atoms with Crippen molar-refractivity contribution >= 4 is 39.0 Å². The molecule has 0 fully saturated rings. The molecule has 100 valence electrons. The Morgan fingerprint density at radius 3 is 3.16 bits per heavy atom. The van der Waals surface area contributed by atoms with Crippen LogP contribution in [0.4, 0.5) is 5.69 Å². The van der Waals surface area contributed by atoms with Crippen LogP contribution in [0.25, 0.3) is 10.2 Å². The maximum atomic E-state index is 4.57. The van der Waals surface area contributed by atoms with Gasteiger partial charge < -0.3 is 5.32 Å². The molecule has 0 spiro atoms. The molecule has 1 aromatic carbocycles. The average molecular weight is 290 g/mol. The van der Waals surface area contributed by atoms with Crippen molar-refractivity contribution in [1.82, 2.24) is 4.98 Å². The van der Waals surface area contributed by atoms with Crippen molar-refractivity contribution in [1.29, 1.82) is 0 Å². The summed E-state index contributed by atoms with van der Waals surface area (Å²) >= 11 is 3.49. The molecule has 0 saturated heterocycles. The van der Waals surface area contributed by atoms with Gasteiger partial charge in [-0.3, -0.25) is 0 Å². The molecule has 1 N–H and O–H groups in total. The van der Waals surface area contributed by atoms with Crippen LogP contribution in [0, 0.1) is 5.92 Å². The number of benzene rings is 1. The van der Waals surface area contributed by atoms with Gasteiger partial charge in [-0.05, 0) is 49.6 Å². The highest BCUT2D eigenvalue weighted by Crippen LogP contribution is 2.30.